The molecule has 0 aromatic heterocycles. The summed E-state index contributed by atoms with van der Waals surface area (Å²) in [5.41, 5.74) is 0. The van der Waals surface area contributed by atoms with Gasteiger partial charge in [0, 0.05) is 19.3 Å². The molecule has 6 heteroatoms. The van der Waals surface area contributed by atoms with Crippen molar-refractivity contribution in [3.05, 3.63) is 12.2 Å². The zero-order chi connectivity index (χ0) is 43.0. The van der Waals surface area contributed by atoms with E-state index in [0.717, 1.165) is 64.2 Å². The summed E-state index contributed by atoms with van der Waals surface area (Å²) >= 11 is 0. The second kappa shape index (κ2) is 48.8. The molecule has 0 rings (SSSR count). The Bertz CT molecular complexity index is 916. The van der Waals surface area contributed by atoms with Crippen molar-refractivity contribution >= 4 is 17.9 Å². The van der Waals surface area contributed by atoms with Gasteiger partial charge in [0.2, 0.25) is 0 Å². The largest absolute Gasteiger partial charge is 0.462 e. The van der Waals surface area contributed by atoms with Crippen molar-refractivity contribution < 1.29 is 28.6 Å². The second-order valence-corrected chi connectivity index (χ2v) is 17.8. The summed E-state index contributed by atoms with van der Waals surface area (Å²) in [5.74, 6) is -0.859. The average Bonchev–Trinajstić information content (AvgIpc) is 3.23. The first-order valence-corrected chi connectivity index (χ1v) is 26.2. The minimum Gasteiger partial charge on any atom is -0.462 e. The molecule has 0 N–H and O–H groups in total. The number of hydrogen-bond acceptors (Lipinski definition) is 6. The Morgan fingerprint density at radius 1 is 0.322 bits per heavy atom. The van der Waals surface area contributed by atoms with E-state index in [1.54, 1.807) is 0 Å². The molecule has 0 aliphatic rings. The fourth-order valence-electron chi connectivity index (χ4n) is 7.79. The van der Waals surface area contributed by atoms with E-state index in [9.17, 15) is 14.4 Å². The average molecular weight is 833 g/mol. The van der Waals surface area contributed by atoms with Crippen molar-refractivity contribution in [3.63, 3.8) is 0 Å². The van der Waals surface area contributed by atoms with E-state index < -0.39 is 6.10 Å². The van der Waals surface area contributed by atoms with Crippen molar-refractivity contribution in [2.75, 3.05) is 13.2 Å². The minimum absolute atomic E-state index is 0.0671. The molecule has 0 heterocycles. The predicted molar refractivity (Wildman–Crippen MR) is 252 cm³/mol. The van der Waals surface area contributed by atoms with E-state index in [4.69, 9.17) is 14.2 Å². The Morgan fingerprint density at radius 3 is 0.881 bits per heavy atom. The van der Waals surface area contributed by atoms with Crippen LogP contribution in [0.4, 0.5) is 0 Å². The van der Waals surface area contributed by atoms with Crippen molar-refractivity contribution in [1.82, 2.24) is 0 Å². The van der Waals surface area contributed by atoms with Gasteiger partial charge in [-0.15, -0.1) is 0 Å². The lowest BCUT2D eigenvalue weighted by Crippen LogP contribution is -2.30. The van der Waals surface area contributed by atoms with Crippen LogP contribution in [-0.4, -0.2) is 37.2 Å². The molecule has 0 radical (unpaired) electrons. The van der Waals surface area contributed by atoms with Crippen LogP contribution in [0.3, 0.4) is 0 Å². The quantitative estimate of drug-likeness (QED) is 0.0263. The molecule has 0 spiro atoms. The molecule has 59 heavy (non-hydrogen) atoms. The molecule has 0 aliphatic heterocycles. The normalized spacial score (nSPS) is 12.0. The number of ether oxygens (including phenoxy) is 3. The van der Waals surface area contributed by atoms with Gasteiger partial charge in [-0.2, -0.15) is 0 Å². The van der Waals surface area contributed by atoms with E-state index in [2.05, 4.69) is 32.9 Å². The summed E-state index contributed by atoms with van der Waals surface area (Å²) in [6, 6.07) is 0. The van der Waals surface area contributed by atoms with Crippen LogP contribution in [0.1, 0.15) is 290 Å². The molecule has 6 nitrogen and oxygen atoms in total. The zero-order valence-corrected chi connectivity index (χ0v) is 39.8. The van der Waals surface area contributed by atoms with Crippen LogP contribution in [0.2, 0.25) is 0 Å². The van der Waals surface area contributed by atoms with E-state index in [-0.39, 0.29) is 31.1 Å². The fourth-order valence-corrected chi connectivity index (χ4v) is 7.79. The first-order chi connectivity index (χ1) is 29.0. The predicted octanol–water partition coefficient (Wildman–Crippen LogP) is 17.0. The van der Waals surface area contributed by atoms with Crippen LogP contribution >= 0.6 is 0 Å². The van der Waals surface area contributed by atoms with Crippen LogP contribution in [0.25, 0.3) is 0 Å². The molecular formula is C53H100O6. The van der Waals surface area contributed by atoms with Gasteiger partial charge in [0.15, 0.2) is 6.10 Å². The highest BCUT2D eigenvalue weighted by molar-refractivity contribution is 5.71. The lowest BCUT2D eigenvalue weighted by molar-refractivity contribution is -0.167. The molecule has 0 bridgehead atoms. The van der Waals surface area contributed by atoms with Gasteiger partial charge in [0.1, 0.15) is 13.2 Å². The number of unbranched alkanes of at least 4 members (excludes halogenated alkanes) is 35. The smallest absolute Gasteiger partial charge is 0.306 e. The molecular weight excluding hydrogens is 733 g/mol. The van der Waals surface area contributed by atoms with Crippen molar-refractivity contribution in [2.24, 2.45) is 0 Å². The Balaban J connectivity index is 4.31. The third kappa shape index (κ3) is 47.1. The topological polar surface area (TPSA) is 78.9 Å². The third-order valence-electron chi connectivity index (χ3n) is 11.8. The highest BCUT2D eigenvalue weighted by Crippen LogP contribution is 2.16. The highest BCUT2D eigenvalue weighted by Gasteiger charge is 2.19. The Labute approximate surface area is 367 Å². The van der Waals surface area contributed by atoms with Crippen molar-refractivity contribution in [2.45, 2.75) is 297 Å². The maximum atomic E-state index is 12.8. The number of carbonyl (C=O) groups excluding carboxylic acids is 3. The molecule has 0 amide bonds. The summed E-state index contributed by atoms with van der Waals surface area (Å²) < 4.78 is 16.8. The zero-order valence-electron chi connectivity index (χ0n) is 39.8. The number of rotatable bonds is 48. The summed E-state index contributed by atoms with van der Waals surface area (Å²) in [6.45, 7) is 6.64. The molecule has 0 aromatic carbocycles. The summed E-state index contributed by atoms with van der Waals surface area (Å²) in [6.07, 6.45) is 53.3. The van der Waals surface area contributed by atoms with Gasteiger partial charge in [0.25, 0.3) is 0 Å². The molecule has 0 fully saturated rings. The van der Waals surface area contributed by atoms with Gasteiger partial charge >= 0.3 is 17.9 Å². The second-order valence-electron chi connectivity index (χ2n) is 17.8. The third-order valence-corrected chi connectivity index (χ3v) is 11.8. The van der Waals surface area contributed by atoms with Crippen LogP contribution in [-0.2, 0) is 28.6 Å². The van der Waals surface area contributed by atoms with E-state index >= 15 is 0 Å². The van der Waals surface area contributed by atoms with Gasteiger partial charge in [-0.1, -0.05) is 238 Å². The number of esters is 3. The Morgan fingerprint density at radius 2 is 0.559 bits per heavy atom. The van der Waals surface area contributed by atoms with E-state index in [1.165, 1.54) is 186 Å². The monoisotopic (exact) mass is 833 g/mol. The van der Waals surface area contributed by atoms with Crippen LogP contribution < -0.4 is 0 Å². The fraction of sp³-hybridized carbons (Fsp3) is 0.906. The number of allylic oxidation sites excluding steroid dienone is 2. The molecule has 0 aliphatic carbocycles. The first-order valence-electron chi connectivity index (χ1n) is 26.2. The van der Waals surface area contributed by atoms with Gasteiger partial charge in [0.05, 0.1) is 0 Å². The summed E-state index contributed by atoms with van der Waals surface area (Å²) in [7, 11) is 0. The maximum Gasteiger partial charge on any atom is 0.306 e. The van der Waals surface area contributed by atoms with Gasteiger partial charge in [-0.25, -0.2) is 0 Å². The molecule has 0 saturated carbocycles. The van der Waals surface area contributed by atoms with Crippen LogP contribution in [0.5, 0.6) is 0 Å². The molecule has 1 atom stereocenters. The Hall–Kier alpha value is -1.85. The molecule has 0 saturated heterocycles. The lowest BCUT2D eigenvalue weighted by atomic mass is 10.0. The first kappa shape index (κ1) is 57.1. The van der Waals surface area contributed by atoms with Crippen LogP contribution in [0, 0.1) is 0 Å². The molecule has 0 aromatic rings. The summed E-state index contributed by atoms with van der Waals surface area (Å²) in [4.78, 5) is 37.9. The van der Waals surface area contributed by atoms with Gasteiger partial charge in [-0.3, -0.25) is 14.4 Å². The highest BCUT2D eigenvalue weighted by atomic mass is 16.6. The van der Waals surface area contributed by atoms with Crippen molar-refractivity contribution in [3.8, 4) is 0 Å². The Kier molecular flexibility index (Phi) is 47.3. The van der Waals surface area contributed by atoms with E-state index in [1.807, 2.05) is 0 Å². The number of hydrogen-bond donors (Lipinski definition) is 0. The van der Waals surface area contributed by atoms with Gasteiger partial charge < -0.3 is 14.2 Å². The van der Waals surface area contributed by atoms with Crippen molar-refractivity contribution in [1.29, 1.82) is 0 Å². The number of carbonyl (C=O) groups is 3. The SMILES string of the molecule is CCCCC/C=C\CCCCCCCC(=O)OCC(COC(=O)CCCCCCCCCCCCCCCCCC)OC(=O)CCCCCCCCCCCCCCC. The summed E-state index contributed by atoms with van der Waals surface area (Å²) in [5, 5.41) is 0. The standard InChI is InChI=1S/C53H100O6/c1-4-7-10-13-16-19-22-25-26-27-29-31-34-37-40-43-46-52(55)58-49-50(48-57-51(54)45-42-39-36-33-30-24-21-18-15-12-9-6-3)59-53(56)47-44-41-38-35-32-28-23-20-17-14-11-8-5-2/h18,21,50H,4-17,19-20,22-49H2,1-3H3/b21-18-. The molecule has 348 valence electrons. The lowest BCUT2D eigenvalue weighted by Gasteiger charge is -2.18. The van der Waals surface area contributed by atoms with Crippen LogP contribution in [0.15, 0.2) is 12.2 Å². The minimum atomic E-state index is -0.766. The van der Waals surface area contributed by atoms with Gasteiger partial charge in [-0.05, 0) is 44.9 Å². The van der Waals surface area contributed by atoms with E-state index in [0.29, 0.717) is 19.3 Å². The maximum absolute atomic E-state index is 12.8. The molecule has 1 unspecified atom stereocenters.